The highest BCUT2D eigenvalue weighted by atomic mass is 19.1. The van der Waals surface area contributed by atoms with Gasteiger partial charge in [-0.2, -0.15) is 5.10 Å². The summed E-state index contributed by atoms with van der Waals surface area (Å²) in [4.78, 5) is 11.7. The van der Waals surface area contributed by atoms with E-state index in [2.05, 4.69) is 10.4 Å². The van der Waals surface area contributed by atoms with E-state index in [9.17, 15) is 14.3 Å². The molecule has 0 saturated heterocycles. The van der Waals surface area contributed by atoms with Crippen LogP contribution in [0.25, 0.3) is 0 Å². The van der Waals surface area contributed by atoms with E-state index in [0.717, 1.165) is 6.07 Å². The van der Waals surface area contributed by atoms with Gasteiger partial charge in [0.05, 0.1) is 11.9 Å². The summed E-state index contributed by atoms with van der Waals surface area (Å²) in [6, 6.07) is 3.69. The summed E-state index contributed by atoms with van der Waals surface area (Å²) in [5.74, 6) is -1.88. The smallest absolute Gasteiger partial charge is 0.262 e. The van der Waals surface area contributed by atoms with Crippen molar-refractivity contribution in [1.29, 1.82) is 0 Å². The molecule has 0 aliphatic carbocycles. The van der Waals surface area contributed by atoms with Crippen LogP contribution in [0.4, 0.5) is 10.1 Å². The molecule has 5 nitrogen and oxygen atoms in total. The number of hydrogen-bond donors (Lipinski definition) is 2. The van der Waals surface area contributed by atoms with Crippen molar-refractivity contribution in [1.82, 2.24) is 9.78 Å². The van der Waals surface area contributed by atoms with Gasteiger partial charge in [0.25, 0.3) is 5.91 Å². The summed E-state index contributed by atoms with van der Waals surface area (Å²) < 4.78 is 14.9. The van der Waals surface area contributed by atoms with Crippen LogP contribution in [0.3, 0.4) is 0 Å². The molecule has 6 heteroatoms. The predicted molar refractivity (Wildman–Crippen MR) is 59.2 cm³/mol. The average molecular weight is 235 g/mol. The monoisotopic (exact) mass is 235 g/mol. The summed E-state index contributed by atoms with van der Waals surface area (Å²) in [5.41, 5.74) is 0.0523. The van der Waals surface area contributed by atoms with Gasteiger partial charge >= 0.3 is 0 Å². The number of phenols is 1. The second kappa shape index (κ2) is 4.25. The van der Waals surface area contributed by atoms with Crippen LogP contribution in [0.15, 0.2) is 30.6 Å². The van der Waals surface area contributed by atoms with Crippen LogP contribution < -0.4 is 5.32 Å². The molecule has 0 spiro atoms. The molecule has 0 saturated carbocycles. The van der Waals surface area contributed by atoms with E-state index in [0.29, 0.717) is 5.69 Å². The van der Waals surface area contributed by atoms with Crippen LogP contribution in [0.1, 0.15) is 10.4 Å². The van der Waals surface area contributed by atoms with Crippen molar-refractivity contribution in [2.45, 2.75) is 0 Å². The molecule has 17 heavy (non-hydrogen) atoms. The number of hydrogen-bond acceptors (Lipinski definition) is 3. The lowest BCUT2D eigenvalue weighted by Crippen LogP contribution is -2.13. The highest BCUT2D eigenvalue weighted by Crippen LogP contribution is 2.21. The molecular weight excluding hydrogens is 225 g/mol. The first-order chi connectivity index (χ1) is 8.08. The van der Waals surface area contributed by atoms with Gasteiger partial charge in [-0.05, 0) is 12.1 Å². The third kappa shape index (κ3) is 2.25. The lowest BCUT2D eigenvalue weighted by atomic mass is 10.1. The van der Waals surface area contributed by atoms with Gasteiger partial charge in [0.15, 0.2) is 0 Å². The molecule has 1 aromatic heterocycles. The number of nitrogens with one attached hydrogen (secondary N) is 1. The zero-order chi connectivity index (χ0) is 12.4. The number of aromatic nitrogens is 2. The fraction of sp³-hybridized carbons (Fsp3) is 0.0909. The Bertz CT molecular complexity index is 545. The normalized spacial score (nSPS) is 10.2. The standard InChI is InChI=1S/C11H10FN3O2/c1-15-6-7(5-13-15)14-11(17)10-8(12)3-2-4-9(10)16/h2-6,16H,1H3,(H,14,17). The van der Waals surface area contributed by atoms with Crippen molar-refractivity contribution in [2.75, 3.05) is 5.32 Å². The number of amides is 1. The Kier molecular flexibility index (Phi) is 2.78. The first-order valence-electron chi connectivity index (χ1n) is 4.85. The Labute approximate surface area is 96.5 Å². The second-order valence-electron chi connectivity index (χ2n) is 3.49. The Morgan fingerprint density at radius 3 is 2.88 bits per heavy atom. The molecule has 0 bridgehead atoms. The zero-order valence-electron chi connectivity index (χ0n) is 9.01. The van der Waals surface area contributed by atoms with Crippen molar-refractivity contribution in [3.05, 3.63) is 42.0 Å². The van der Waals surface area contributed by atoms with Gasteiger partial charge in [-0.3, -0.25) is 9.48 Å². The number of carbonyl (C=O) groups is 1. The molecular formula is C11H10FN3O2. The van der Waals surface area contributed by atoms with Crippen molar-refractivity contribution < 1.29 is 14.3 Å². The molecule has 2 N–H and O–H groups in total. The molecule has 2 rings (SSSR count). The molecule has 2 aromatic rings. The van der Waals surface area contributed by atoms with Crippen LogP contribution >= 0.6 is 0 Å². The highest BCUT2D eigenvalue weighted by Gasteiger charge is 2.16. The number of rotatable bonds is 2. The van der Waals surface area contributed by atoms with Gasteiger partial charge in [0, 0.05) is 13.2 Å². The Morgan fingerprint density at radius 2 is 2.29 bits per heavy atom. The van der Waals surface area contributed by atoms with Crippen LogP contribution in [0, 0.1) is 5.82 Å². The van der Waals surface area contributed by atoms with Crippen molar-refractivity contribution in [2.24, 2.45) is 7.05 Å². The number of aromatic hydroxyl groups is 1. The summed E-state index contributed by atoms with van der Waals surface area (Å²) in [7, 11) is 1.69. The molecule has 1 aromatic carbocycles. The maximum absolute atomic E-state index is 13.4. The van der Waals surface area contributed by atoms with Gasteiger partial charge in [-0.15, -0.1) is 0 Å². The zero-order valence-corrected chi connectivity index (χ0v) is 9.01. The van der Waals surface area contributed by atoms with E-state index in [-0.39, 0.29) is 5.56 Å². The largest absolute Gasteiger partial charge is 0.507 e. The molecule has 1 heterocycles. The number of anilines is 1. The minimum atomic E-state index is -0.772. The summed E-state index contributed by atoms with van der Waals surface area (Å²) in [6.45, 7) is 0. The van der Waals surface area contributed by atoms with Crippen LogP contribution in [0.2, 0.25) is 0 Å². The molecule has 0 atom stereocenters. The van der Waals surface area contributed by atoms with Gasteiger partial charge in [-0.1, -0.05) is 6.07 Å². The first-order valence-corrected chi connectivity index (χ1v) is 4.85. The maximum atomic E-state index is 13.4. The Hall–Kier alpha value is -2.37. The van der Waals surface area contributed by atoms with E-state index in [1.165, 1.54) is 23.0 Å². The number of benzene rings is 1. The molecule has 0 unspecified atom stereocenters. The minimum Gasteiger partial charge on any atom is -0.507 e. The number of nitrogens with zero attached hydrogens (tertiary/aromatic N) is 2. The van der Waals surface area contributed by atoms with Crippen molar-refractivity contribution in [3.63, 3.8) is 0 Å². The topological polar surface area (TPSA) is 67.2 Å². The SMILES string of the molecule is Cn1cc(NC(=O)c2c(O)cccc2F)cn1. The third-order valence-corrected chi connectivity index (χ3v) is 2.18. The number of carbonyl (C=O) groups excluding carboxylic acids is 1. The lowest BCUT2D eigenvalue weighted by molar-refractivity contribution is 0.102. The molecule has 0 aliphatic rings. The number of aryl methyl sites for hydroxylation is 1. The van der Waals surface area contributed by atoms with Crippen LogP contribution in [-0.4, -0.2) is 20.8 Å². The van der Waals surface area contributed by atoms with Gasteiger partial charge in [0.1, 0.15) is 17.1 Å². The summed E-state index contributed by atoms with van der Waals surface area (Å²) in [5, 5.41) is 15.7. The van der Waals surface area contributed by atoms with E-state index < -0.39 is 17.5 Å². The van der Waals surface area contributed by atoms with Gasteiger partial charge < -0.3 is 10.4 Å². The highest BCUT2D eigenvalue weighted by molar-refractivity contribution is 6.06. The van der Waals surface area contributed by atoms with E-state index in [1.54, 1.807) is 13.2 Å². The van der Waals surface area contributed by atoms with Gasteiger partial charge in [0.2, 0.25) is 0 Å². The van der Waals surface area contributed by atoms with E-state index in [4.69, 9.17) is 0 Å². The Balaban J connectivity index is 2.26. The van der Waals surface area contributed by atoms with Gasteiger partial charge in [-0.25, -0.2) is 4.39 Å². The molecule has 0 radical (unpaired) electrons. The van der Waals surface area contributed by atoms with E-state index >= 15 is 0 Å². The lowest BCUT2D eigenvalue weighted by Gasteiger charge is -2.05. The maximum Gasteiger partial charge on any atom is 0.262 e. The second-order valence-corrected chi connectivity index (χ2v) is 3.49. The summed E-state index contributed by atoms with van der Waals surface area (Å²) >= 11 is 0. The average Bonchev–Trinajstić information content (AvgIpc) is 2.63. The first kappa shape index (κ1) is 11.1. The fourth-order valence-electron chi connectivity index (χ4n) is 1.42. The minimum absolute atomic E-state index is 0.378. The molecule has 1 amide bonds. The number of phenolic OH excluding ortho intramolecular Hbond substituents is 1. The third-order valence-electron chi connectivity index (χ3n) is 2.18. The van der Waals surface area contributed by atoms with Crippen molar-refractivity contribution in [3.8, 4) is 5.75 Å². The number of halogens is 1. The Morgan fingerprint density at radius 1 is 1.53 bits per heavy atom. The van der Waals surface area contributed by atoms with E-state index in [1.807, 2.05) is 0 Å². The molecule has 0 aliphatic heterocycles. The van der Waals surface area contributed by atoms with Crippen molar-refractivity contribution >= 4 is 11.6 Å². The van der Waals surface area contributed by atoms with Crippen LogP contribution in [0.5, 0.6) is 5.75 Å². The predicted octanol–water partition coefficient (Wildman–Crippen LogP) is 1.52. The molecule has 0 fully saturated rings. The summed E-state index contributed by atoms with van der Waals surface area (Å²) in [6.07, 6.45) is 2.99. The fourth-order valence-corrected chi connectivity index (χ4v) is 1.42. The molecule has 88 valence electrons. The van der Waals surface area contributed by atoms with Crippen LogP contribution in [-0.2, 0) is 7.05 Å². The quantitative estimate of drug-likeness (QED) is 0.829.